The van der Waals surface area contributed by atoms with E-state index in [9.17, 15) is 0 Å². The van der Waals surface area contributed by atoms with Crippen LogP contribution >= 0.6 is 11.3 Å². The minimum Gasteiger partial charge on any atom is -0.307 e. The van der Waals surface area contributed by atoms with Crippen molar-refractivity contribution < 1.29 is 0 Å². The lowest BCUT2D eigenvalue weighted by Crippen LogP contribution is -2.23. The fourth-order valence-electron chi connectivity index (χ4n) is 2.46. The van der Waals surface area contributed by atoms with Gasteiger partial charge < -0.3 is 5.32 Å². The number of rotatable bonds is 2. The minimum atomic E-state index is 0.360. The summed E-state index contributed by atoms with van der Waals surface area (Å²) in [7, 11) is 1.99. The first-order valence-electron chi connectivity index (χ1n) is 6.53. The van der Waals surface area contributed by atoms with Gasteiger partial charge >= 0.3 is 0 Å². The zero-order chi connectivity index (χ0) is 12.4. The molecular formula is C13H18N4S. The number of thiophene rings is 1. The van der Waals surface area contributed by atoms with Crippen molar-refractivity contribution in [2.75, 3.05) is 6.54 Å². The Bertz CT molecular complexity index is 495. The molecule has 1 saturated heterocycles. The van der Waals surface area contributed by atoms with Crippen molar-refractivity contribution in [2.45, 2.75) is 31.7 Å². The van der Waals surface area contributed by atoms with Crippen LogP contribution in [0.1, 0.15) is 37.5 Å². The molecule has 3 heterocycles. The lowest BCUT2D eigenvalue weighted by molar-refractivity contribution is 0.483. The van der Waals surface area contributed by atoms with Gasteiger partial charge in [0.15, 0.2) is 5.82 Å². The molecule has 3 rings (SSSR count). The third-order valence-electron chi connectivity index (χ3n) is 3.41. The van der Waals surface area contributed by atoms with Crippen molar-refractivity contribution in [2.24, 2.45) is 7.05 Å². The van der Waals surface area contributed by atoms with Gasteiger partial charge in [0.2, 0.25) is 0 Å². The molecule has 1 aliphatic heterocycles. The number of hydrogen-bond donors (Lipinski definition) is 1. The molecule has 1 fully saturated rings. The lowest BCUT2D eigenvalue weighted by atomic mass is 10.1. The average Bonchev–Trinajstić information content (AvgIpc) is 2.93. The van der Waals surface area contributed by atoms with Gasteiger partial charge in [-0.05, 0) is 30.8 Å². The maximum atomic E-state index is 4.72. The van der Waals surface area contributed by atoms with Gasteiger partial charge in [-0.15, -0.1) is 11.3 Å². The molecule has 5 heteroatoms. The summed E-state index contributed by atoms with van der Waals surface area (Å²) >= 11 is 1.69. The first-order valence-corrected chi connectivity index (χ1v) is 7.41. The van der Waals surface area contributed by atoms with Crippen LogP contribution in [-0.4, -0.2) is 21.3 Å². The lowest BCUT2D eigenvalue weighted by Gasteiger charge is -2.13. The van der Waals surface area contributed by atoms with E-state index in [0.29, 0.717) is 6.04 Å². The minimum absolute atomic E-state index is 0.360. The smallest absolute Gasteiger partial charge is 0.191 e. The fourth-order valence-corrected chi connectivity index (χ4v) is 3.11. The fraction of sp³-hybridized carbons (Fsp3) is 0.538. The third-order valence-corrected chi connectivity index (χ3v) is 4.28. The summed E-state index contributed by atoms with van der Waals surface area (Å²) < 4.78 is 1.93. The Morgan fingerprint density at radius 3 is 3.17 bits per heavy atom. The van der Waals surface area contributed by atoms with Gasteiger partial charge in [-0.2, -0.15) is 5.10 Å². The zero-order valence-electron chi connectivity index (χ0n) is 10.6. The van der Waals surface area contributed by atoms with E-state index in [1.54, 1.807) is 11.3 Å². The monoisotopic (exact) mass is 262 g/mol. The van der Waals surface area contributed by atoms with E-state index in [4.69, 9.17) is 4.98 Å². The van der Waals surface area contributed by atoms with Gasteiger partial charge in [0.05, 0.1) is 10.9 Å². The Kier molecular flexibility index (Phi) is 3.43. The van der Waals surface area contributed by atoms with Gasteiger partial charge in [-0.25, -0.2) is 4.98 Å². The first-order chi connectivity index (χ1) is 8.84. The van der Waals surface area contributed by atoms with Crippen molar-refractivity contribution in [3.8, 4) is 10.7 Å². The second-order valence-corrected chi connectivity index (χ2v) is 5.70. The molecule has 0 bridgehead atoms. The maximum absolute atomic E-state index is 4.72. The van der Waals surface area contributed by atoms with Gasteiger partial charge in [-0.3, -0.25) is 4.68 Å². The Morgan fingerprint density at radius 1 is 1.39 bits per heavy atom. The molecule has 1 unspecified atom stereocenters. The largest absolute Gasteiger partial charge is 0.307 e. The van der Waals surface area contributed by atoms with Gasteiger partial charge in [0.1, 0.15) is 5.82 Å². The van der Waals surface area contributed by atoms with Crippen LogP contribution in [0, 0.1) is 0 Å². The summed E-state index contributed by atoms with van der Waals surface area (Å²) in [5, 5.41) is 10.2. The second kappa shape index (κ2) is 5.20. The average molecular weight is 262 g/mol. The quantitative estimate of drug-likeness (QED) is 0.905. The van der Waals surface area contributed by atoms with E-state index >= 15 is 0 Å². The number of nitrogens with one attached hydrogen (secondary N) is 1. The highest BCUT2D eigenvalue weighted by Gasteiger charge is 2.20. The highest BCUT2D eigenvalue weighted by atomic mass is 32.1. The molecule has 1 aliphatic rings. The molecule has 0 aliphatic carbocycles. The van der Waals surface area contributed by atoms with Crippen molar-refractivity contribution in [1.82, 2.24) is 20.1 Å². The predicted molar refractivity (Wildman–Crippen MR) is 73.5 cm³/mol. The van der Waals surface area contributed by atoms with Gasteiger partial charge in [0.25, 0.3) is 0 Å². The number of aromatic nitrogens is 3. The molecule has 2 aromatic heterocycles. The molecule has 2 aromatic rings. The van der Waals surface area contributed by atoms with Crippen LogP contribution < -0.4 is 5.32 Å². The van der Waals surface area contributed by atoms with Crippen LogP contribution in [0.2, 0.25) is 0 Å². The van der Waals surface area contributed by atoms with Gasteiger partial charge in [0, 0.05) is 7.05 Å². The Hall–Kier alpha value is -1.20. The van der Waals surface area contributed by atoms with Crippen LogP contribution in [0.25, 0.3) is 10.7 Å². The van der Waals surface area contributed by atoms with Crippen LogP contribution in [0.15, 0.2) is 17.5 Å². The molecule has 1 N–H and O–H groups in total. The Balaban J connectivity index is 1.88. The summed E-state index contributed by atoms with van der Waals surface area (Å²) in [4.78, 5) is 5.86. The highest BCUT2D eigenvalue weighted by molar-refractivity contribution is 7.13. The molecule has 0 aromatic carbocycles. The normalized spacial score (nSPS) is 20.8. The number of aryl methyl sites for hydroxylation is 1. The molecule has 0 amide bonds. The van der Waals surface area contributed by atoms with E-state index in [-0.39, 0.29) is 0 Å². The van der Waals surface area contributed by atoms with Crippen LogP contribution in [0.3, 0.4) is 0 Å². The highest BCUT2D eigenvalue weighted by Crippen LogP contribution is 2.25. The molecule has 4 nitrogen and oxygen atoms in total. The number of hydrogen-bond acceptors (Lipinski definition) is 4. The Labute approximate surface area is 111 Å². The van der Waals surface area contributed by atoms with Crippen LogP contribution in [-0.2, 0) is 7.05 Å². The third kappa shape index (κ3) is 2.33. The summed E-state index contributed by atoms with van der Waals surface area (Å²) in [5.41, 5.74) is 0. The molecule has 0 spiro atoms. The Morgan fingerprint density at radius 2 is 2.33 bits per heavy atom. The molecule has 96 valence electrons. The van der Waals surface area contributed by atoms with Gasteiger partial charge in [-0.1, -0.05) is 18.9 Å². The molecule has 0 saturated carbocycles. The standard InChI is InChI=1S/C13H18N4S/c1-17-13(10-6-3-2-4-8-14-10)15-12(16-17)11-7-5-9-18-11/h5,7,9-10,14H,2-4,6,8H2,1H3. The molecule has 1 atom stereocenters. The van der Waals surface area contributed by atoms with E-state index in [1.807, 2.05) is 17.8 Å². The van der Waals surface area contributed by atoms with E-state index < -0.39 is 0 Å². The van der Waals surface area contributed by atoms with E-state index in [1.165, 1.54) is 19.3 Å². The van der Waals surface area contributed by atoms with Crippen LogP contribution in [0.5, 0.6) is 0 Å². The SMILES string of the molecule is Cn1nc(-c2cccs2)nc1C1CCCCCN1. The van der Waals surface area contributed by atoms with Crippen molar-refractivity contribution in [3.63, 3.8) is 0 Å². The topological polar surface area (TPSA) is 42.7 Å². The van der Waals surface area contributed by atoms with E-state index in [0.717, 1.165) is 29.5 Å². The summed E-state index contributed by atoms with van der Waals surface area (Å²) in [5.74, 6) is 1.92. The first kappa shape index (κ1) is 11.9. The predicted octanol–water partition coefficient (Wildman–Crippen LogP) is 2.75. The van der Waals surface area contributed by atoms with Crippen molar-refractivity contribution >= 4 is 11.3 Å². The number of nitrogens with zero attached hydrogens (tertiary/aromatic N) is 3. The zero-order valence-corrected chi connectivity index (χ0v) is 11.4. The molecular weight excluding hydrogens is 244 g/mol. The van der Waals surface area contributed by atoms with E-state index in [2.05, 4.69) is 21.9 Å². The summed E-state index contributed by atoms with van der Waals surface area (Å²) in [6, 6.07) is 4.48. The summed E-state index contributed by atoms with van der Waals surface area (Å²) in [6.45, 7) is 1.09. The second-order valence-electron chi connectivity index (χ2n) is 4.75. The van der Waals surface area contributed by atoms with Crippen LogP contribution in [0.4, 0.5) is 0 Å². The molecule has 18 heavy (non-hydrogen) atoms. The maximum Gasteiger partial charge on any atom is 0.191 e. The summed E-state index contributed by atoms with van der Waals surface area (Å²) in [6.07, 6.45) is 5.03. The van der Waals surface area contributed by atoms with Crippen molar-refractivity contribution in [1.29, 1.82) is 0 Å². The molecule has 0 radical (unpaired) electrons. The van der Waals surface area contributed by atoms with Crippen molar-refractivity contribution in [3.05, 3.63) is 23.3 Å².